The van der Waals surface area contributed by atoms with E-state index in [9.17, 15) is 8.42 Å². The van der Waals surface area contributed by atoms with Gasteiger partial charge < -0.3 is 0 Å². The SMILES string of the molecule is O=S(=O)(NCc1cn2ccsc2n1)c1ccc(-c2ccccc2)cc1. The molecule has 7 heteroatoms. The Bertz CT molecular complexity index is 1070. The Morgan fingerprint density at radius 2 is 1.72 bits per heavy atom. The molecule has 4 aromatic rings. The molecule has 2 aromatic carbocycles. The molecule has 5 nitrogen and oxygen atoms in total. The van der Waals surface area contributed by atoms with Crippen molar-refractivity contribution in [2.75, 3.05) is 0 Å². The fourth-order valence-electron chi connectivity index (χ4n) is 2.57. The van der Waals surface area contributed by atoms with Gasteiger partial charge in [0.1, 0.15) is 0 Å². The number of nitrogens with zero attached hydrogens (tertiary/aromatic N) is 2. The van der Waals surface area contributed by atoms with Crippen molar-refractivity contribution in [3.63, 3.8) is 0 Å². The summed E-state index contributed by atoms with van der Waals surface area (Å²) in [4.78, 5) is 5.47. The Kier molecular flexibility index (Phi) is 4.12. The van der Waals surface area contributed by atoms with Crippen LogP contribution in [0.25, 0.3) is 16.1 Å². The van der Waals surface area contributed by atoms with E-state index in [1.807, 2.05) is 64.6 Å². The first kappa shape index (κ1) is 16.0. The van der Waals surface area contributed by atoms with Crippen molar-refractivity contribution in [2.24, 2.45) is 0 Å². The fraction of sp³-hybridized carbons (Fsp3) is 0.0556. The summed E-state index contributed by atoms with van der Waals surface area (Å²) in [7, 11) is -3.57. The van der Waals surface area contributed by atoms with E-state index < -0.39 is 10.0 Å². The van der Waals surface area contributed by atoms with Gasteiger partial charge in [-0.2, -0.15) is 0 Å². The third-order valence-electron chi connectivity index (χ3n) is 3.86. The van der Waals surface area contributed by atoms with Gasteiger partial charge in [-0.3, -0.25) is 4.40 Å². The Morgan fingerprint density at radius 1 is 1.00 bits per heavy atom. The third kappa shape index (κ3) is 3.34. The molecule has 0 atom stereocenters. The normalized spacial score (nSPS) is 11.8. The smallest absolute Gasteiger partial charge is 0.240 e. The molecule has 0 aliphatic heterocycles. The minimum absolute atomic E-state index is 0.164. The van der Waals surface area contributed by atoms with Gasteiger partial charge in [-0.05, 0) is 23.3 Å². The quantitative estimate of drug-likeness (QED) is 0.585. The molecular formula is C18H15N3O2S2. The molecule has 0 aliphatic carbocycles. The molecule has 0 saturated carbocycles. The van der Waals surface area contributed by atoms with E-state index in [4.69, 9.17) is 0 Å². The molecule has 0 amide bonds. The number of fused-ring (bicyclic) bond motifs is 1. The summed E-state index contributed by atoms with van der Waals surface area (Å²) < 4.78 is 29.4. The average Bonchev–Trinajstić information content (AvgIpc) is 3.23. The summed E-state index contributed by atoms with van der Waals surface area (Å²) in [5.41, 5.74) is 2.72. The molecule has 0 bridgehead atoms. The summed E-state index contributed by atoms with van der Waals surface area (Å²) in [5, 5.41) is 1.94. The van der Waals surface area contributed by atoms with E-state index in [0.717, 1.165) is 16.1 Å². The second kappa shape index (κ2) is 6.44. The van der Waals surface area contributed by atoms with Crippen LogP contribution in [-0.4, -0.2) is 17.8 Å². The molecule has 4 rings (SSSR count). The van der Waals surface area contributed by atoms with Crippen LogP contribution < -0.4 is 4.72 Å². The first-order valence-corrected chi connectivity index (χ1v) is 10.0. The van der Waals surface area contributed by atoms with Crippen molar-refractivity contribution in [3.05, 3.63) is 78.1 Å². The summed E-state index contributed by atoms with van der Waals surface area (Å²) in [5.74, 6) is 0. The number of imidazole rings is 1. The highest BCUT2D eigenvalue weighted by Gasteiger charge is 2.15. The molecule has 2 heterocycles. The van der Waals surface area contributed by atoms with E-state index in [1.165, 1.54) is 11.3 Å². The van der Waals surface area contributed by atoms with Crippen LogP contribution in [0.15, 0.2) is 77.3 Å². The highest BCUT2D eigenvalue weighted by atomic mass is 32.2. The van der Waals surface area contributed by atoms with Crippen molar-refractivity contribution < 1.29 is 8.42 Å². The Morgan fingerprint density at radius 3 is 2.44 bits per heavy atom. The summed E-state index contributed by atoms with van der Waals surface area (Å²) in [6.07, 6.45) is 3.72. The number of nitrogens with one attached hydrogen (secondary N) is 1. The standard InChI is InChI=1S/C18H15N3O2S2/c22-25(23,19-12-16-13-21-10-11-24-18(21)20-16)17-8-6-15(7-9-17)14-4-2-1-3-5-14/h1-11,13,19H,12H2. The second-order valence-electron chi connectivity index (χ2n) is 5.54. The van der Waals surface area contributed by atoms with E-state index in [-0.39, 0.29) is 11.4 Å². The molecule has 0 saturated heterocycles. The van der Waals surface area contributed by atoms with Crippen molar-refractivity contribution in [1.29, 1.82) is 0 Å². The zero-order valence-corrected chi connectivity index (χ0v) is 14.8. The average molecular weight is 369 g/mol. The summed E-state index contributed by atoms with van der Waals surface area (Å²) >= 11 is 1.51. The molecule has 0 fully saturated rings. The highest BCUT2D eigenvalue weighted by Crippen LogP contribution is 2.21. The maximum Gasteiger partial charge on any atom is 0.240 e. The van der Waals surface area contributed by atoms with Crippen molar-refractivity contribution in [1.82, 2.24) is 14.1 Å². The molecule has 2 aromatic heterocycles. The van der Waals surface area contributed by atoms with Crippen LogP contribution in [-0.2, 0) is 16.6 Å². The largest absolute Gasteiger partial charge is 0.297 e. The summed E-state index contributed by atoms with van der Waals surface area (Å²) in [6.45, 7) is 0.164. The van der Waals surface area contributed by atoms with Gasteiger partial charge in [0.25, 0.3) is 0 Å². The third-order valence-corrected chi connectivity index (χ3v) is 6.05. The number of hydrogen-bond donors (Lipinski definition) is 1. The number of benzene rings is 2. The molecule has 25 heavy (non-hydrogen) atoms. The fourth-order valence-corrected chi connectivity index (χ4v) is 4.29. The molecule has 0 radical (unpaired) electrons. The lowest BCUT2D eigenvalue weighted by Gasteiger charge is -2.07. The van der Waals surface area contributed by atoms with Gasteiger partial charge in [-0.25, -0.2) is 18.1 Å². The maximum atomic E-state index is 12.5. The van der Waals surface area contributed by atoms with Gasteiger partial charge in [-0.15, -0.1) is 11.3 Å². The lowest BCUT2D eigenvalue weighted by atomic mass is 10.1. The van der Waals surface area contributed by atoms with Crippen molar-refractivity contribution >= 4 is 26.3 Å². The highest BCUT2D eigenvalue weighted by molar-refractivity contribution is 7.89. The van der Waals surface area contributed by atoms with Gasteiger partial charge in [0, 0.05) is 17.8 Å². The van der Waals surface area contributed by atoms with Gasteiger partial charge in [0.05, 0.1) is 17.1 Å². The molecular weight excluding hydrogens is 354 g/mol. The van der Waals surface area contributed by atoms with Crippen LogP contribution in [0.1, 0.15) is 5.69 Å². The Hall–Kier alpha value is -2.48. The predicted octanol–water partition coefficient (Wildman–Crippen LogP) is 3.54. The van der Waals surface area contributed by atoms with Crippen LogP contribution in [0.3, 0.4) is 0 Å². The Labute approximate surface area is 149 Å². The number of sulfonamides is 1. The maximum absolute atomic E-state index is 12.5. The lowest BCUT2D eigenvalue weighted by molar-refractivity contribution is 0.580. The van der Waals surface area contributed by atoms with Crippen LogP contribution in [0.5, 0.6) is 0 Å². The molecule has 0 unspecified atom stereocenters. The molecule has 126 valence electrons. The first-order chi connectivity index (χ1) is 12.1. The van der Waals surface area contributed by atoms with E-state index in [0.29, 0.717) is 5.69 Å². The molecule has 0 spiro atoms. The molecule has 1 N–H and O–H groups in total. The van der Waals surface area contributed by atoms with Crippen LogP contribution >= 0.6 is 11.3 Å². The zero-order valence-electron chi connectivity index (χ0n) is 13.2. The van der Waals surface area contributed by atoms with Crippen molar-refractivity contribution in [3.8, 4) is 11.1 Å². The monoisotopic (exact) mass is 369 g/mol. The van der Waals surface area contributed by atoms with Crippen LogP contribution in [0, 0.1) is 0 Å². The molecule has 0 aliphatic rings. The first-order valence-electron chi connectivity index (χ1n) is 7.68. The minimum atomic E-state index is -3.57. The predicted molar refractivity (Wildman–Crippen MR) is 99.0 cm³/mol. The van der Waals surface area contributed by atoms with Crippen LogP contribution in [0.2, 0.25) is 0 Å². The van der Waals surface area contributed by atoms with Gasteiger partial charge in [-0.1, -0.05) is 42.5 Å². The summed E-state index contributed by atoms with van der Waals surface area (Å²) in [6, 6.07) is 16.7. The van der Waals surface area contributed by atoms with E-state index in [2.05, 4.69) is 9.71 Å². The van der Waals surface area contributed by atoms with Gasteiger partial charge in [0.2, 0.25) is 10.0 Å². The number of aromatic nitrogens is 2. The van der Waals surface area contributed by atoms with Gasteiger partial charge in [0.15, 0.2) is 4.96 Å². The zero-order chi connectivity index (χ0) is 17.3. The number of rotatable bonds is 5. The second-order valence-corrected chi connectivity index (χ2v) is 8.18. The van der Waals surface area contributed by atoms with Gasteiger partial charge >= 0.3 is 0 Å². The Balaban J connectivity index is 1.50. The number of thiazole rings is 1. The minimum Gasteiger partial charge on any atom is -0.297 e. The van der Waals surface area contributed by atoms with Crippen molar-refractivity contribution in [2.45, 2.75) is 11.4 Å². The van der Waals surface area contributed by atoms with E-state index >= 15 is 0 Å². The van der Waals surface area contributed by atoms with Crippen LogP contribution in [0.4, 0.5) is 0 Å². The lowest BCUT2D eigenvalue weighted by Crippen LogP contribution is -2.23. The topological polar surface area (TPSA) is 63.5 Å². The number of hydrogen-bond acceptors (Lipinski definition) is 4. The van der Waals surface area contributed by atoms with E-state index in [1.54, 1.807) is 12.1 Å².